The molecule has 1 fully saturated rings. The largest absolute Gasteiger partial charge is 0.490 e. The molecule has 1 saturated heterocycles. The van der Waals surface area contributed by atoms with Crippen LogP contribution in [0.15, 0.2) is 66.0 Å². The number of Topliss-reactive ketones (excluding diaryl/α,β-unsaturated/α-hetero) is 1. The SMILES string of the molecule is Cn1cc(-c2ccc(=O)n(Cc3cccc(-c4ncc(OCCCC(=O)[C@@H]5CCCN5)cn4)c3)n2)cn1. The van der Waals surface area contributed by atoms with Crippen LogP contribution in [-0.4, -0.2) is 54.5 Å². The third-order valence-electron chi connectivity index (χ3n) is 6.30. The Balaban J connectivity index is 1.20. The molecule has 0 saturated carbocycles. The molecule has 10 heteroatoms. The van der Waals surface area contributed by atoms with Gasteiger partial charge in [0, 0.05) is 36.9 Å². The molecular weight excluding hydrogens is 470 g/mol. The summed E-state index contributed by atoms with van der Waals surface area (Å²) in [5.74, 6) is 1.38. The first-order valence-electron chi connectivity index (χ1n) is 12.4. The van der Waals surface area contributed by atoms with E-state index < -0.39 is 0 Å². The molecule has 4 heterocycles. The summed E-state index contributed by atoms with van der Waals surface area (Å²) in [5, 5.41) is 11.9. The van der Waals surface area contributed by atoms with Crippen LogP contribution in [0.3, 0.4) is 0 Å². The summed E-state index contributed by atoms with van der Waals surface area (Å²) >= 11 is 0. The van der Waals surface area contributed by atoms with Gasteiger partial charge >= 0.3 is 0 Å². The molecular formula is C27H29N7O3. The number of nitrogens with zero attached hydrogens (tertiary/aromatic N) is 6. The van der Waals surface area contributed by atoms with Crippen molar-refractivity contribution in [2.24, 2.45) is 7.05 Å². The molecule has 1 aliphatic rings. The maximum absolute atomic E-state index is 12.4. The Hall–Kier alpha value is -4.18. The van der Waals surface area contributed by atoms with Gasteiger partial charge in [-0.25, -0.2) is 14.6 Å². The van der Waals surface area contributed by atoms with E-state index in [1.165, 1.54) is 10.7 Å². The first-order valence-corrected chi connectivity index (χ1v) is 12.4. The summed E-state index contributed by atoms with van der Waals surface area (Å²) < 4.78 is 8.86. The van der Waals surface area contributed by atoms with E-state index in [2.05, 4.69) is 25.5 Å². The van der Waals surface area contributed by atoms with Crippen molar-refractivity contribution in [2.75, 3.05) is 13.2 Å². The van der Waals surface area contributed by atoms with Crippen molar-refractivity contribution in [1.29, 1.82) is 0 Å². The van der Waals surface area contributed by atoms with E-state index in [0.29, 0.717) is 43.3 Å². The van der Waals surface area contributed by atoms with Crippen molar-refractivity contribution >= 4 is 5.78 Å². The Bertz CT molecular complexity index is 1420. The number of aromatic nitrogens is 6. The maximum Gasteiger partial charge on any atom is 0.267 e. The van der Waals surface area contributed by atoms with E-state index in [9.17, 15) is 9.59 Å². The monoisotopic (exact) mass is 499 g/mol. The Morgan fingerprint density at radius 1 is 1.14 bits per heavy atom. The van der Waals surface area contributed by atoms with Gasteiger partial charge in [-0.3, -0.25) is 14.3 Å². The lowest BCUT2D eigenvalue weighted by Gasteiger charge is -2.10. The highest BCUT2D eigenvalue weighted by Gasteiger charge is 2.21. The van der Waals surface area contributed by atoms with E-state index >= 15 is 0 Å². The van der Waals surface area contributed by atoms with Gasteiger partial charge in [-0.2, -0.15) is 10.2 Å². The summed E-state index contributed by atoms with van der Waals surface area (Å²) in [7, 11) is 1.84. The van der Waals surface area contributed by atoms with E-state index in [1.807, 2.05) is 37.5 Å². The van der Waals surface area contributed by atoms with Crippen molar-refractivity contribution in [3.8, 4) is 28.4 Å². The van der Waals surface area contributed by atoms with Crippen LogP contribution in [0.1, 0.15) is 31.2 Å². The van der Waals surface area contributed by atoms with E-state index in [-0.39, 0.29) is 17.4 Å². The number of ketones is 1. The summed E-state index contributed by atoms with van der Waals surface area (Å²) in [5.41, 5.74) is 3.08. The molecule has 0 spiro atoms. The van der Waals surface area contributed by atoms with Gasteiger partial charge in [0.1, 0.15) is 5.78 Å². The van der Waals surface area contributed by atoms with Crippen LogP contribution in [0.4, 0.5) is 0 Å². The molecule has 1 N–H and O–H groups in total. The molecule has 0 unspecified atom stereocenters. The molecule has 10 nitrogen and oxygen atoms in total. The zero-order valence-corrected chi connectivity index (χ0v) is 20.7. The minimum absolute atomic E-state index is 0.0119. The average Bonchev–Trinajstić information content (AvgIpc) is 3.61. The Morgan fingerprint density at radius 2 is 2.00 bits per heavy atom. The number of hydrogen-bond donors (Lipinski definition) is 1. The molecule has 5 rings (SSSR count). The van der Waals surface area contributed by atoms with Crippen LogP contribution in [0.25, 0.3) is 22.6 Å². The van der Waals surface area contributed by atoms with Gasteiger partial charge in [0.15, 0.2) is 11.6 Å². The molecule has 0 bridgehead atoms. The number of carbonyl (C=O) groups is 1. The predicted octanol–water partition coefficient (Wildman–Crippen LogP) is 2.63. The molecule has 190 valence electrons. The van der Waals surface area contributed by atoms with Crippen molar-refractivity contribution in [1.82, 2.24) is 34.8 Å². The third-order valence-corrected chi connectivity index (χ3v) is 6.30. The summed E-state index contributed by atoms with van der Waals surface area (Å²) in [6.45, 7) is 1.68. The van der Waals surface area contributed by atoms with Crippen molar-refractivity contribution in [3.63, 3.8) is 0 Å². The average molecular weight is 500 g/mol. The normalized spacial score (nSPS) is 15.1. The zero-order valence-electron chi connectivity index (χ0n) is 20.7. The molecule has 37 heavy (non-hydrogen) atoms. The molecule has 0 aliphatic carbocycles. The van der Waals surface area contributed by atoms with Gasteiger partial charge in [-0.1, -0.05) is 18.2 Å². The van der Waals surface area contributed by atoms with Crippen LogP contribution in [-0.2, 0) is 18.4 Å². The van der Waals surface area contributed by atoms with Crippen LogP contribution < -0.4 is 15.6 Å². The highest BCUT2D eigenvalue weighted by Crippen LogP contribution is 2.19. The molecule has 1 aromatic carbocycles. The Kier molecular flexibility index (Phi) is 7.46. The van der Waals surface area contributed by atoms with Crippen LogP contribution in [0.5, 0.6) is 5.75 Å². The van der Waals surface area contributed by atoms with E-state index in [0.717, 1.165) is 36.1 Å². The second-order valence-corrected chi connectivity index (χ2v) is 9.13. The van der Waals surface area contributed by atoms with Gasteiger partial charge in [-0.05, 0) is 43.5 Å². The molecule has 1 atom stereocenters. The van der Waals surface area contributed by atoms with Gasteiger partial charge in [-0.15, -0.1) is 0 Å². The maximum atomic E-state index is 12.4. The molecule has 1 aliphatic heterocycles. The quantitative estimate of drug-likeness (QED) is 0.331. The minimum Gasteiger partial charge on any atom is -0.490 e. The summed E-state index contributed by atoms with van der Waals surface area (Å²) in [4.78, 5) is 33.5. The first-order chi connectivity index (χ1) is 18.0. The molecule has 0 radical (unpaired) electrons. The topological polar surface area (TPSA) is 117 Å². The number of benzene rings is 1. The van der Waals surface area contributed by atoms with Crippen molar-refractivity contribution < 1.29 is 9.53 Å². The smallest absolute Gasteiger partial charge is 0.267 e. The zero-order chi connectivity index (χ0) is 25.6. The highest BCUT2D eigenvalue weighted by atomic mass is 16.5. The van der Waals surface area contributed by atoms with Crippen molar-refractivity contribution in [2.45, 2.75) is 38.3 Å². The second-order valence-electron chi connectivity index (χ2n) is 9.13. The standard InChI is InChI=1S/C27H29N7O3/c1-33-18-21(14-31-33)23-9-10-26(36)34(32-23)17-19-5-2-6-20(13-19)27-29-15-22(16-30-27)37-12-4-8-25(35)24-7-3-11-28-24/h2,5-6,9-10,13-16,18,24,28H,3-4,7-8,11-12,17H2,1H3/t24-/m0/s1. The number of rotatable bonds is 10. The van der Waals surface area contributed by atoms with Gasteiger partial charge < -0.3 is 10.1 Å². The Morgan fingerprint density at radius 3 is 2.76 bits per heavy atom. The second kappa shape index (κ2) is 11.3. The number of ether oxygens (including phenoxy) is 1. The van der Waals surface area contributed by atoms with Gasteiger partial charge in [0.2, 0.25) is 0 Å². The van der Waals surface area contributed by atoms with Crippen LogP contribution >= 0.6 is 0 Å². The molecule has 0 amide bonds. The lowest BCUT2D eigenvalue weighted by atomic mass is 10.1. The molecule has 3 aromatic heterocycles. The number of aryl methyl sites for hydroxylation is 1. The van der Waals surface area contributed by atoms with Crippen LogP contribution in [0.2, 0.25) is 0 Å². The van der Waals surface area contributed by atoms with E-state index in [4.69, 9.17) is 4.74 Å². The van der Waals surface area contributed by atoms with Crippen molar-refractivity contribution in [3.05, 3.63) is 77.1 Å². The summed E-state index contributed by atoms with van der Waals surface area (Å²) in [6, 6.07) is 10.9. The lowest BCUT2D eigenvalue weighted by molar-refractivity contribution is -0.120. The fourth-order valence-corrected chi connectivity index (χ4v) is 4.36. The summed E-state index contributed by atoms with van der Waals surface area (Å²) in [6.07, 6.45) is 10.0. The van der Waals surface area contributed by atoms with Gasteiger partial charge in [0.05, 0.1) is 43.5 Å². The minimum atomic E-state index is -0.183. The first kappa shape index (κ1) is 24.5. The lowest BCUT2D eigenvalue weighted by Crippen LogP contribution is -2.30. The van der Waals surface area contributed by atoms with E-state index in [1.54, 1.807) is 29.3 Å². The fourth-order valence-electron chi connectivity index (χ4n) is 4.36. The number of hydrogen-bond acceptors (Lipinski definition) is 8. The highest BCUT2D eigenvalue weighted by molar-refractivity contribution is 5.84. The predicted molar refractivity (Wildman–Crippen MR) is 138 cm³/mol. The van der Waals surface area contributed by atoms with Gasteiger partial charge in [0.25, 0.3) is 5.56 Å². The fraction of sp³-hybridized carbons (Fsp3) is 0.333. The number of carbonyl (C=O) groups excluding carboxylic acids is 1. The van der Waals surface area contributed by atoms with Crippen LogP contribution in [0, 0.1) is 0 Å². The molecule has 4 aromatic rings. The third kappa shape index (κ3) is 6.15. The Labute approximate surface area is 214 Å². The number of nitrogens with one attached hydrogen (secondary N) is 1.